The number of fused-ring (bicyclic) bond motifs is 1. The highest BCUT2D eigenvalue weighted by molar-refractivity contribution is 7.16. The van der Waals surface area contributed by atoms with Crippen molar-refractivity contribution in [1.29, 1.82) is 0 Å². The lowest BCUT2D eigenvalue weighted by atomic mass is 10.1. The van der Waals surface area contributed by atoms with E-state index in [4.69, 9.17) is 9.47 Å². The smallest absolute Gasteiger partial charge is 0.252 e. The molecule has 0 aliphatic heterocycles. The van der Waals surface area contributed by atoms with Gasteiger partial charge in [0.1, 0.15) is 5.75 Å². The molecule has 0 saturated carbocycles. The van der Waals surface area contributed by atoms with Crippen molar-refractivity contribution in [3.05, 3.63) is 58.4 Å². The molecule has 0 bridgehead atoms. The van der Waals surface area contributed by atoms with Crippen molar-refractivity contribution in [3.63, 3.8) is 0 Å². The molecule has 0 radical (unpaired) electrons. The SMILES string of the molecule is CCc1ccc(CC(=O)N=c2sc3cc(OC)ccc3n2CCOC)cc1. The van der Waals surface area contributed by atoms with Crippen LogP contribution in [0.1, 0.15) is 18.1 Å². The Labute approximate surface area is 162 Å². The standard InChI is InChI=1S/C21H24N2O3S/c1-4-15-5-7-16(8-6-15)13-20(24)22-21-23(11-12-25-2)18-10-9-17(26-3)14-19(18)27-21/h5-10,14H,4,11-13H2,1-3H3. The van der Waals surface area contributed by atoms with Gasteiger partial charge in [0.05, 0.1) is 30.4 Å². The van der Waals surface area contributed by atoms with E-state index in [0.717, 1.165) is 28.0 Å². The Kier molecular flexibility index (Phi) is 6.42. The fraction of sp³-hybridized carbons (Fsp3) is 0.333. The molecule has 1 heterocycles. The fourth-order valence-electron chi connectivity index (χ4n) is 2.88. The zero-order chi connectivity index (χ0) is 19.2. The van der Waals surface area contributed by atoms with Crippen molar-refractivity contribution < 1.29 is 14.3 Å². The number of benzene rings is 2. The van der Waals surface area contributed by atoms with Crippen molar-refractivity contribution in [3.8, 4) is 5.75 Å². The largest absolute Gasteiger partial charge is 0.497 e. The maximum Gasteiger partial charge on any atom is 0.252 e. The summed E-state index contributed by atoms with van der Waals surface area (Å²) in [7, 11) is 3.31. The van der Waals surface area contributed by atoms with Gasteiger partial charge in [0, 0.05) is 13.7 Å². The first-order valence-electron chi connectivity index (χ1n) is 8.96. The van der Waals surface area contributed by atoms with Crippen molar-refractivity contribution in [2.75, 3.05) is 20.8 Å². The van der Waals surface area contributed by atoms with E-state index in [0.29, 0.717) is 24.4 Å². The monoisotopic (exact) mass is 384 g/mol. The van der Waals surface area contributed by atoms with Crippen LogP contribution in [-0.4, -0.2) is 31.3 Å². The average molecular weight is 385 g/mol. The van der Waals surface area contributed by atoms with E-state index in [9.17, 15) is 4.79 Å². The number of aryl methyl sites for hydroxylation is 1. The van der Waals surface area contributed by atoms with E-state index in [1.54, 1.807) is 14.2 Å². The van der Waals surface area contributed by atoms with Crippen LogP contribution in [0, 0.1) is 0 Å². The Hall–Kier alpha value is -2.44. The number of amides is 1. The van der Waals surface area contributed by atoms with E-state index in [1.165, 1.54) is 16.9 Å². The number of rotatable bonds is 7. The van der Waals surface area contributed by atoms with E-state index in [-0.39, 0.29) is 5.91 Å². The molecule has 27 heavy (non-hydrogen) atoms. The lowest BCUT2D eigenvalue weighted by Gasteiger charge is -2.05. The lowest BCUT2D eigenvalue weighted by molar-refractivity contribution is -0.117. The van der Waals surface area contributed by atoms with Gasteiger partial charge in [-0.05, 0) is 35.7 Å². The van der Waals surface area contributed by atoms with E-state index in [2.05, 4.69) is 24.0 Å². The quantitative estimate of drug-likeness (QED) is 0.626. The summed E-state index contributed by atoms with van der Waals surface area (Å²) in [5, 5.41) is 0. The molecule has 0 fully saturated rings. The third-order valence-electron chi connectivity index (χ3n) is 4.42. The molecule has 3 aromatic rings. The maximum absolute atomic E-state index is 12.5. The van der Waals surface area contributed by atoms with Crippen LogP contribution < -0.4 is 9.54 Å². The summed E-state index contributed by atoms with van der Waals surface area (Å²) in [5.41, 5.74) is 3.27. The zero-order valence-electron chi connectivity index (χ0n) is 15.9. The number of methoxy groups -OCH3 is 2. The van der Waals surface area contributed by atoms with Gasteiger partial charge in [0.2, 0.25) is 0 Å². The van der Waals surface area contributed by atoms with Crippen LogP contribution in [0.25, 0.3) is 10.2 Å². The lowest BCUT2D eigenvalue weighted by Crippen LogP contribution is -2.19. The van der Waals surface area contributed by atoms with Gasteiger partial charge >= 0.3 is 0 Å². The van der Waals surface area contributed by atoms with Gasteiger partial charge in [0.25, 0.3) is 5.91 Å². The van der Waals surface area contributed by atoms with Gasteiger partial charge < -0.3 is 14.0 Å². The molecule has 6 heteroatoms. The number of hydrogen-bond donors (Lipinski definition) is 0. The van der Waals surface area contributed by atoms with Gasteiger partial charge in [0.15, 0.2) is 4.80 Å². The summed E-state index contributed by atoms with van der Waals surface area (Å²) in [6.07, 6.45) is 1.29. The molecular weight excluding hydrogens is 360 g/mol. The van der Waals surface area contributed by atoms with Gasteiger partial charge in [-0.2, -0.15) is 4.99 Å². The van der Waals surface area contributed by atoms with Crippen molar-refractivity contribution >= 4 is 27.5 Å². The molecule has 3 rings (SSSR count). The van der Waals surface area contributed by atoms with Crippen LogP contribution in [0.5, 0.6) is 5.75 Å². The number of nitrogens with zero attached hydrogens (tertiary/aromatic N) is 2. The molecule has 0 atom stereocenters. The number of ether oxygens (including phenoxy) is 2. The second-order valence-electron chi connectivity index (χ2n) is 6.22. The summed E-state index contributed by atoms with van der Waals surface area (Å²) in [5.74, 6) is 0.639. The first-order valence-corrected chi connectivity index (χ1v) is 9.78. The highest BCUT2D eigenvalue weighted by atomic mass is 32.1. The molecule has 0 aliphatic rings. The summed E-state index contributed by atoms with van der Waals surface area (Å²) in [6, 6.07) is 14.0. The predicted molar refractivity (Wildman–Crippen MR) is 108 cm³/mol. The summed E-state index contributed by atoms with van der Waals surface area (Å²) < 4.78 is 13.6. The van der Waals surface area contributed by atoms with Gasteiger partial charge in [-0.25, -0.2) is 0 Å². The highest BCUT2D eigenvalue weighted by Crippen LogP contribution is 2.23. The number of carbonyl (C=O) groups excluding carboxylic acids is 1. The third kappa shape index (κ3) is 4.64. The van der Waals surface area contributed by atoms with Gasteiger partial charge in [-0.1, -0.05) is 42.5 Å². The first-order chi connectivity index (χ1) is 13.1. The minimum atomic E-state index is -0.149. The average Bonchev–Trinajstić information content (AvgIpc) is 3.02. The fourth-order valence-corrected chi connectivity index (χ4v) is 3.98. The Morgan fingerprint density at radius 1 is 1.11 bits per heavy atom. The molecule has 0 saturated heterocycles. The second-order valence-corrected chi connectivity index (χ2v) is 7.22. The molecule has 1 aromatic heterocycles. The molecule has 0 unspecified atom stereocenters. The third-order valence-corrected chi connectivity index (χ3v) is 5.46. The van der Waals surface area contributed by atoms with Crippen LogP contribution in [0.3, 0.4) is 0 Å². The Morgan fingerprint density at radius 3 is 2.52 bits per heavy atom. The number of hydrogen-bond acceptors (Lipinski definition) is 4. The zero-order valence-corrected chi connectivity index (χ0v) is 16.7. The molecule has 0 spiro atoms. The Morgan fingerprint density at radius 2 is 1.85 bits per heavy atom. The predicted octanol–water partition coefficient (Wildman–Crippen LogP) is 3.59. The normalized spacial score (nSPS) is 11.9. The first kappa shape index (κ1) is 19.3. The topological polar surface area (TPSA) is 52.8 Å². The molecule has 2 aromatic carbocycles. The number of thiazole rings is 1. The van der Waals surface area contributed by atoms with Crippen LogP contribution in [0.15, 0.2) is 47.5 Å². The molecular formula is C21H24N2O3S. The van der Waals surface area contributed by atoms with E-state index in [1.807, 2.05) is 34.9 Å². The van der Waals surface area contributed by atoms with Crippen molar-refractivity contribution in [2.24, 2.45) is 4.99 Å². The number of carbonyl (C=O) groups is 1. The summed E-state index contributed by atoms with van der Waals surface area (Å²) in [6.45, 7) is 3.31. The van der Waals surface area contributed by atoms with Gasteiger partial charge in [-0.15, -0.1) is 0 Å². The minimum Gasteiger partial charge on any atom is -0.497 e. The second kappa shape index (κ2) is 8.97. The molecule has 0 aliphatic carbocycles. The van der Waals surface area contributed by atoms with Crippen LogP contribution >= 0.6 is 11.3 Å². The molecule has 5 nitrogen and oxygen atoms in total. The maximum atomic E-state index is 12.5. The summed E-state index contributed by atoms with van der Waals surface area (Å²) >= 11 is 1.49. The molecule has 142 valence electrons. The van der Waals surface area contributed by atoms with Crippen molar-refractivity contribution in [2.45, 2.75) is 26.3 Å². The van der Waals surface area contributed by atoms with E-state index >= 15 is 0 Å². The van der Waals surface area contributed by atoms with E-state index < -0.39 is 0 Å². The van der Waals surface area contributed by atoms with Crippen LogP contribution in [-0.2, 0) is 28.9 Å². The minimum absolute atomic E-state index is 0.149. The Balaban J connectivity index is 1.93. The molecule has 0 N–H and O–H groups in total. The number of aromatic nitrogens is 1. The Bertz CT molecular complexity index is 987. The van der Waals surface area contributed by atoms with Crippen LogP contribution in [0.4, 0.5) is 0 Å². The molecule has 1 amide bonds. The van der Waals surface area contributed by atoms with Gasteiger partial charge in [-0.3, -0.25) is 4.79 Å². The summed E-state index contributed by atoms with van der Waals surface area (Å²) in [4.78, 5) is 17.6. The highest BCUT2D eigenvalue weighted by Gasteiger charge is 2.09. The van der Waals surface area contributed by atoms with Crippen LogP contribution in [0.2, 0.25) is 0 Å². The van der Waals surface area contributed by atoms with Crippen molar-refractivity contribution in [1.82, 2.24) is 4.57 Å².